The van der Waals surface area contributed by atoms with Crippen molar-refractivity contribution in [3.05, 3.63) is 82.4 Å². The van der Waals surface area contributed by atoms with E-state index in [4.69, 9.17) is 32.7 Å². The van der Waals surface area contributed by atoms with Crippen molar-refractivity contribution in [1.82, 2.24) is 9.55 Å². The average molecular weight is 377 g/mol. The maximum absolute atomic E-state index is 6.35. The van der Waals surface area contributed by atoms with Crippen LogP contribution in [0.4, 0.5) is 0 Å². The first-order valence-corrected chi connectivity index (χ1v) is 8.59. The van der Waals surface area contributed by atoms with Crippen molar-refractivity contribution in [3.8, 4) is 5.75 Å². The summed E-state index contributed by atoms with van der Waals surface area (Å²) in [5.41, 5.74) is 2.03. The van der Waals surface area contributed by atoms with Crippen LogP contribution in [0.3, 0.4) is 0 Å². The van der Waals surface area contributed by atoms with Crippen LogP contribution in [0.15, 0.2) is 61.2 Å². The highest BCUT2D eigenvalue weighted by Gasteiger charge is 2.17. The number of hydrogen-bond acceptors (Lipinski definition) is 3. The highest BCUT2D eigenvalue weighted by molar-refractivity contribution is 6.35. The molecule has 0 N–H and O–H groups in total. The summed E-state index contributed by atoms with van der Waals surface area (Å²) in [6, 6.07) is 13.2. The smallest absolute Gasteiger partial charge is 0.189 e. The molecule has 4 nitrogen and oxygen atoms in total. The maximum atomic E-state index is 6.35. The third-order valence-corrected chi connectivity index (χ3v) is 4.32. The topological polar surface area (TPSA) is 36.3 Å². The van der Waals surface area contributed by atoms with E-state index in [9.17, 15) is 0 Å². The van der Waals surface area contributed by atoms with Crippen LogP contribution in [0.5, 0.6) is 5.75 Å². The lowest BCUT2D eigenvalue weighted by molar-refractivity contribution is -0.0444. The molecular formula is C19H18Cl2N2O2. The van der Waals surface area contributed by atoms with Gasteiger partial charge in [0.25, 0.3) is 0 Å². The predicted molar refractivity (Wildman–Crippen MR) is 99.2 cm³/mol. The van der Waals surface area contributed by atoms with Crippen LogP contribution in [0, 0.1) is 6.92 Å². The molecule has 0 aliphatic rings. The van der Waals surface area contributed by atoms with Crippen LogP contribution in [0.1, 0.15) is 17.2 Å². The third-order valence-electron chi connectivity index (χ3n) is 3.76. The Kier molecular flexibility index (Phi) is 5.97. The highest BCUT2D eigenvalue weighted by atomic mass is 35.5. The van der Waals surface area contributed by atoms with Gasteiger partial charge in [0.05, 0.1) is 12.9 Å². The summed E-state index contributed by atoms with van der Waals surface area (Å²) in [6.45, 7) is 2.71. The Morgan fingerprint density at radius 3 is 2.60 bits per heavy atom. The zero-order chi connectivity index (χ0) is 17.6. The van der Waals surface area contributed by atoms with E-state index < -0.39 is 0 Å². The van der Waals surface area contributed by atoms with Gasteiger partial charge in [-0.15, -0.1) is 0 Å². The molecule has 0 unspecified atom stereocenters. The molecule has 6 heteroatoms. The van der Waals surface area contributed by atoms with Crippen LogP contribution >= 0.6 is 23.2 Å². The first-order chi connectivity index (χ1) is 12.1. The number of hydrogen-bond donors (Lipinski definition) is 0. The summed E-state index contributed by atoms with van der Waals surface area (Å²) in [5.74, 6) is 0.759. The fourth-order valence-electron chi connectivity index (χ4n) is 2.41. The minimum atomic E-state index is -0.288. The van der Waals surface area contributed by atoms with Crippen LogP contribution < -0.4 is 4.74 Å². The van der Waals surface area contributed by atoms with E-state index in [2.05, 4.69) is 4.98 Å². The van der Waals surface area contributed by atoms with Crippen molar-refractivity contribution < 1.29 is 9.47 Å². The Labute approximate surface area is 156 Å². The summed E-state index contributed by atoms with van der Waals surface area (Å²) in [7, 11) is 0. The molecule has 130 valence electrons. The van der Waals surface area contributed by atoms with Crippen molar-refractivity contribution in [2.75, 3.05) is 6.79 Å². The molecule has 3 aromatic rings. The summed E-state index contributed by atoms with van der Waals surface area (Å²) in [6.07, 6.45) is 5.05. The van der Waals surface area contributed by atoms with E-state index in [1.165, 1.54) is 5.56 Å². The fourth-order valence-corrected chi connectivity index (χ4v) is 2.94. The molecule has 1 atom stereocenters. The second-order valence-electron chi connectivity index (χ2n) is 5.66. The second kappa shape index (κ2) is 8.39. The van der Waals surface area contributed by atoms with Gasteiger partial charge in [0.1, 0.15) is 11.9 Å². The Morgan fingerprint density at radius 1 is 1.12 bits per heavy atom. The van der Waals surface area contributed by atoms with Crippen molar-refractivity contribution in [1.29, 1.82) is 0 Å². The molecule has 0 fully saturated rings. The number of aromatic nitrogens is 2. The predicted octanol–water partition coefficient (Wildman–Crippen LogP) is 5.29. The standard InChI is InChI=1S/C19H18Cl2N2O2/c1-14-2-5-16(6-3-14)24-13-25-19(11-23-9-8-22-12-23)17-7-4-15(20)10-18(17)21/h2-10,12,19H,11,13H2,1H3/t19-/m1/s1. The van der Waals surface area contributed by atoms with Gasteiger partial charge in [0.2, 0.25) is 0 Å². The van der Waals surface area contributed by atoms with E-state index >= 15 is 0 Å². The minimum absolute atomic E-state index is 0.112. The number of rotatable bonds is 7. The van der Waals surface area contributed by atoms with Crippen molar-refractivity contribution >= 4 is 23.2 Å². The number of benzene rings is 2. The first-order valence-electron chi connectivity index (χ1n) is 7.83. The highest BCUT2D eigenvalue weighted by Crippen LogP contribution is 2.29. The number of imidazole rings is 1. The molecule has 0 aliphatic carbocycles. The van der Waals surface area contributed by atoms with E-state index in [1.54, 1.807) is 24.7 Å². The number of ether oxygens (including phenoxy) is 2. The Hall–Kier alpha value is -2.01. The van der Waals surface area contributed by atoms with Gasteiger partial charge in [0, 0.05) is 28.0 Å². The number of halogens is 2. The lowest BCUT2D eigenvalue weighted by Crippen LogP contribution is -2.15. The van der Waals surface area contributed by atoms with Gasteiger partial charge in [-0.05, 0) is 31.2 Å². The molecule has 1 aromatic heterocycles. The normalized spacial score (nSPS) is 12.1. The molecule has 0 radical (unpaired) electrons. The van der Waals surface area contributed by atoms with Gasteiger partial charge in [0.15, 0.2) is 6.79 Å². The van der Waals surface area contributed by atoms with Crippen LogP contribution in [-0.4, -0.2) is 16.3 Å². The van der Waals surface area contributed by atoms with Gasteiger partial charge in [-0.2, -0.15) is 0 Å². The van der Waals surface area contributed by atoms with Crippen LogP contribution in [0.2, 0.25) is 10.0 Å². The van der Waals surface area contributed by atoms with Gasteiger partial charge < -0.3 is 14.0 Å². The molecule has 3 rings (SSSR count). The summed E-state index contributed by atoms with van der Waals surface area (Å²) in [5, 5.41) is 1.15. The van der Waals surface area contributed by atoms with Gasteiger partial charge in [-0.3, -0.25) is 0 Å². The van der Waals surface area contributed by atoms with Crippen LogP contribution in [0.25, 0.3) is 0 Å². The molecule has 0 spiro atoms. The summed E-state index contributed by atoms with van der Waals surface area (Å²) < 4.78 is 13.6. The Bertz CT molecular complexity index is 805. The molecule has 2 aromatic carbocycles. The van der Waals surface area contributed by atoms with E-state index in [0.717, 1.165) is 11.3 Å². The van der Waals surface area contributed by atoms with Crippen molar-refractivity contribution in [3.63, 3.8) is 0 Å². The molecule has 0 saturated heterocycles. The van der Waals surface area contributed by atoms with Crippen LogP contribution in [-0.2, 0) is 11.3 Å². The molecule has 25 heavy (non-hydrogen) atoms. The van der Waals surface area contributed by atoms with E-state index in [1.807, 2.05) is 48.0 Å². The van der Waals surface area contributed by atoms with Gasteiger partial charge >= 0.3 is 0 Å². The summed E-state index contributed by atoms with van der Waals surface area (Å²) in [4.78, 5) is 4.06. The zero-order valence-electron chi connectivity index (χ0n) is 13.7. The number of nitrogens with zero attached hydrogens (tertiary/aromatic N) is 2. The molecule has 0 bridgehead atoms. The maximum Gasteiger partial charge on any atom is 0.189 e. The van der Waals surface area contributed by atoms with Crippen molar-refractivity contribution in [2.24, 2.45) is 0 Å². The molecule has 0 amide bonds. The Morgan fingerprint density at radius 2 is 1.92 bits per heavy atom. The number of aryl methyl sites for hydroxylation is 1. The fraction of sp³-hybridized carbons (Fsp3) is 0.211. The average Bonchev–Trinajstić information content (AvgIpc) is 3.09. The third kappa shape index (κ3) is 4.98. The molecule has 0 saturated carbocycles. The Balaban J connectivity index is 1.70. The van der Waals surface area contributed by atoms with E-state index in [-0.39, 0.29) is 12.9 Å². The van der Waals surface area contributed by atoms with Crippen molar-refractivity contribution in [2.45, 2.75) is 19.6 Å². The van der Waals surface area contributed by atoms with Gasteiger partial charge in [-0.1, -0.05) is 47.0 Å². The molecular weight excluding hydrogens is 359 g/mol. The second-order valence-corrected chi connectivity index (χ2v) is 6.50. The largest absolute Gasteiger partial charge is 0.468 e. The minimum Gasteiger partial charge on any atom is -0.468 e. The zero-order valence-corrected chi connectivity index (χ0v) is 15.2. The van der Waals surface area contributed by atoms with E-state index in [0.29, 0.717) is 16.6 Å². The molecule has 1 heterocycles. The lowest BCUT2D eigenvalue weighted by Gasteiger charge is -2.20. The SMILES string of the molecule is Cc1ccc(OCO[C@H](Cn2ccnc2)c2ccc(Cl)cc2Cl)cc1. The lowest BCUT2D eigenvalue weighted by atomic mass is 10.1. The van der Waals surface area contributed by atoms with Gasteiger partial charge in [-0.25, -0.2) is 4.98 Å². The summed E-state index contributed by atoms with van der Waals surface area (Å²) >= 11 is 12.3. The quantitative estimate of drug-likeness (QED) is 0.525. The molecule has 0 aliphatic heterocycles. The monoisotopic (exact) mass is 376 g/mol. The first kappa shape index (κ1) is 17.8.